The minimum Gasteiger partial charge on any atom is -0.296 e. The molecule has 1 heterocycles. The minimum atomic E-state index is 0.713. The Hall–Kier alpha value is -0.0400. The molecule has 0 atom stereocenters. The zero-order valence-electron chi connectivity index (χ0n) is 6.43. The van der Waals surface area contributed by atoms with E-state index in [4.69, 9.17) is 0 Å². The van der Waals surface area contributed by atoms with Gasteiger partial charge in [-0.15, -0.1) is 0 Å². The van der Waals surface area contributed by atoms with E-state index in [1.807, 2.05) is 0 Å². The zero-order valence-corrected chi connectivity index (χ0v) is 6.43. The van der Waals surface area contributed by atoms with Crippen LogP contribution in [-0.4, -0.2) is 17.5 Å². The van der Waals surface area contributed by atoms with Gasteiger partial charge in [0.1, 0.15) is 0 Å². The summed E-state index contributed by atoms with van der Waals surface area (Å²) in [6, 6.07) is 0.713. The molecule has 9 heavy (non-hydrogen) atoms. The normalized spacial score (nSPS) is 23.0. The summed E-state index contributed by atoms with van der Waals surface area (Å²) >= 11 is 0. The lowest BCUT2D eigenvalue weighted by Crippen LogP contribution is -2.31. The maximum atomic E-state index is 2.43. The second-order valence-electron chi connectivity index (χ2n) is 3.01. The van der Waals surface area contributed by atoms with Crippen molar-refractivity contribution in [2.45, 2.75) is 39.2 Å². The van der Waals surface area contributed by atoms with E-state index >= 15 is 0 Å². The highest BCUT2D eigenvalue weighted by atomic mass is 15.1. The first kappa shape index (κ1) is 7.07. The lowest BCUT2D eigenvalue weighted by atomic mass is 10.1. The average Bonchev–Trinajstić information content (AvgIpc) is 1.90. The smallest absolute Gasteiger partial charge is 0.0254 e. The van der Waals surface area contributed by atoms with Crippen LogP contribution in [0.15, 0.2) is 0 Å². The van der Waals surface area contributed by atoms with Crippen LogP contribution >= 0.6 is 0 Å². The Morgan fingerprint density at radius 2 is 2.11 bits per heavy atom. The molecular formula is C8H16N. The minimum absolute atomic E-state index is 0.713. The van der Waals surface area contributed by atoms with Crippen molar-refractivity contribution < 1.29 is 0 Å². The SMILES string of the molecule is CC(C)N1[CH]CCCC1. The van der Waals surface area contributed by atoms with Crippen LogP contribution in [0.3, 0.4) is 0 Å². The highest BCUT2D eigenvalue weighted by molar-refractivity contribution is 4.76. The van der Waals surface area contributed by atoms with Crippen LogP contribution in [0.2, 0.25) is 0 Å². The van der Waals surface area contributed by atoms with E-state index in [1.54, 1.807) is 0 Å². The van der Waals surface area contributed by atoms with E-state index in [1.165, 1.54) is 25.8 Å². The number of piperidine rings is 1. The number of hydrogen-bond donors (Lipinski definition) is 0. The molecule has 1 fully saturated rings. The highest BCUT2D eigenvalue weighted by Crippen LogP contribution is 2.14. The molecule has 0 aromatic rings. The maximum Gasteiger partial charge on any atom is 0.0254 e. The molecular weight excluding hydrogens is 110 g/mol. The van der Waals surface area contributed by atoms with E-state index in [9.17, 15) is 0 Å². The molecule has 0 N–H and O–H groups in total. The first-order chi connectivity index (χ1) is 4.30. The van der Waals surface area contributed by atoms with Crippen molar-refractivity contribution in [2.75, 3.05) is 6.54 Å². The van der Waals surface area contributed by atoms with E-state index in [2.05, 4.69) is 25.3 Å². The molecule has 1 aliphatic rings. The molecule has 1 rings (SSSR count). The van der Waals surface area contributed by atoms with Crippen molar-refractivity contribution >= 4 is 0 Å². The molecule has 0 amide bonds. The van der Waals surface area contributed by atoms with Gasteiger partial charge in [-0.2, -0.15) is 0 Å². The van der Waals surface area contributed by atoms with Crippen LogP contribution in [0, 0.1) is 6.54 Å². The van der Waals surface area contributed by atoms with Gasteiger partial charge < -0.3 is 0 Å². The van der Waals surface area contributed by atoms with Crippen molar-refractivity contribution in [1.82, 2.24) is 4.90 Å². The number of rotatable bonds is 1. The van der Waals surface area contributed by atoms with E-state index < -0.39 is 0 Å². The molecule has 1 saturated heterocycles. The lowest BCUT2D eigenvalue weighted by molar-refractivity contribution is 0.233. The largest absolute Gasteiger partial charge is 0.296 e. The third-order valence-corrected chi connectivity index (χ3v) is 1.90. The van der Waals surface area contributed by atoms with Crippen molar-refractivity contribution in [3.8, 4) is 0 Å². The Labute approximate surface area is 58.0 Å². The summed E-state index contributed by atoms with van der Waals surface area (Å²) in [6.45, 7) is 8.12. The van der Waals surface area contributed by atoms with Gasteiger partial charge in [0.05, 0.1) is 0 Å². The van der Waals surface area contributed by atoms with E-state index in [-0.39, 0.29) is 0 Å². The number of nitrogens with zero attached hydrogens (tertiary/aromatic N) is 1. The topological polar surface area (TPSA) is 3.24 Å². The number of likely N-dealkylation sites (tertiary alicyclic amines) is 1. The molecule has 1 aliphatic heterocycles. The van der Waals surface area contributed by atoms with Crippen molar-refractivity contribution in [1.29, 1.82) is 0 Å². The monoisotopic (exact) mass is 126 g/mol. The summed E-state index contributed by atoms with van der Waals surface area (Å²) in [4.78, 5) is 2.43. The predicted molar refractivity (Wildman–Crippen MR) is 40.0 cm³/mol. The Balaban J connectivity index is 2.23. The van der Waals surface area contributed by atoms with Crippen LogP contribution in [0.25, 0.3) is 0 Å². The van der Waals surface area contributed by atoms with Crippen LogP contribution < -0.4 is 0 Å². The third-order valence-electron chi connectivity index (χ3n) is 1.90. The van der Waals surface area contributed by atoms with Crippen molar-refractivity contribution in [3.63, 3.8) is 0 Å². The molecule has 0 saturated carbocycles. The van der Waals surface area contributed by atoms with Gasteiger partial charge in [0.15, 0.2) is 0 Å². The van der Waals surface area contributed by atoms with Crippen LogP contribution in [-0.2, 0) is 0 Å². The van der Waals surface area contributed by atoms with Gasteiger partial charge in [-0.1, -0.05) is 6.42 Å². The molecule has 1 radical (unpaired) electrons. The average molecular weight is 126 g/mol. The standard InChI is InChI=1S/C8H16N/c1-8(2)9-6-4-3-5-7-9/h6,8H,3-5,7H2,1-2H3. The van der Waals surface area contributed by atoms with Crippen molar-refractivity contribution in [2.24, 2.45) is 0 Å². The Kier molecular flexibility index (Phi) is 2.52. The zero-order chi connectivity index (χ0) is 6.69. The molecule has 1 nitrogen and oxygen atoms in total. The summed E-state index contributed by atoms with van der Waals surface area (Å²) in [7, 11) is 0. The number of hydrogen-bond acceptors (Lipinski definition) is 1. The van der Waals surface area contributed by atoms with Crippen molar-refractivity contribution in [3.05, 3.63) is 6.54 Å². The molecule has 0 spiro atoms. The molecule has 1 heteroatoms. The third kappa shape index (κ3) is 1.98. The fourth-order valence-electron chi connectivity index (χ4n) is 1.26. The van der Waals surface area contributed by atoms with E-state index in [0.29, 0.717) is 6.04 Å². The molecule has 0 unspecified atom stereocenters. The van der Waals surface area contributed by atoms with Crippen LogP contribution in [0.5, 0.6) is 0 Å². The summed E-state index contributed by atoms with van der Waals surface area (Å²) in [5.41, 5.74) is 0. The Bertz CT molecular complexity index is 72.6. The summed E-state index contributed by atoms with van der Waals surface area (Å²) in [6.07, 6.45) is 4.07. The summed E-state index contributed by atoms with van der Waals surface area (Å²) in [5.74, 6) is 0. The quantitative estimate of drug-likeness (QED) is 0.519. The van der Waals surface area contributed by atoms with Crippen LogP contribution in [0.4, 0.5) is 0 Å². The molecule has 0 aliphatic carbocycles. The molecule has 53 valence electrons. The Morgan fingerprint density at radius 1 is 1.33 bits per heavy atom. The van der Waals surface area contributed by atoms with Gasteiger partial charge >= 0.3 is 0 Å². The van der Waals surface area contributed by atoms with Gasteiger partial charge in [-0.25, -0.2) is 0 Å². The second-order valence-corrected chi connectivity index (χ2v) is 3.01. The van der Waals surface area contributed by atoms with Crippen LogP contribution in [0.1, 0.15) is 33.1 Å². The van der Waals surface area contributed by atoms with E-state index in [0.717, 1.165) is 0 Å². The summed E-state index contributed by atoms with van der Waals surface area (Å²) in [5, 5.41) is 0. The maximum absolute atomic E-state index is 2.43. The van der Waals surface area contributed by atoms with Gasteiger partial charge in [0.25, 0.3) is 0 Å². The highest BCUT2D eigenvalue weighted by Gasteiger charge is 2.12. The molecule has 0 aromatic heterocycles. The predicted octanol–water partition coefficient (Wildman–Crippen LogP) is 2.04. The van der Waals surface area contributed by atoms with Gasteiger partial charge in [0, 0.05) is 12.6 Å². The fourth-order valence-corrected chi connectivity index (χ4v) is 1.26. The fraction of sp³-hybridized carbons (Fsp3) is 0.875. The van der Waals surface area contributed by atoms with Gasteiger partial charge in [-0.05, 0) is 33.2 Å². The second kappa shape index (κ2) is 3.21. The first-order valence-corrected chi connectivity index (χ1v) is 3.90. The molecule has 0 bridgehead atoms. The molecule has 0 aromatic carbocycles. The summed E-state index contributed by atoms with van der Waals surface area (Å²) < 4.78 is 0. The van der Waals surface area contributed by atoms with Gasteiger partial charge in [0.2, 0.25) is 0 Å². The Morgan fingerprint density at radius 3 is 2.44 bits per heavy atom. The lowest BCUT2D eigenvalue weighted by Gasteiger charge is -2.29. The van der Waals surface area contributed by atoms with Gasteiger partial charge in [-0.3, -0.25) is 4.90 Å². The first-order valence-electron chi connectivity index (χ1n) is 3.90.